The molecule has 1 aromatic carbocycles. The largest absolute Gasteiger partial charge is 0.494 e. The van der Waals surface area contributed by atoms with Gasteiger partial charge in [0.2, 0.25) is 0 Å². The van der Waals surface area contributed by atoms with Crippen LogP contribution in [0.25, 0.3) is 11.0 Å². The molecule has 0 aliphatic heterocycles. The van der Waals surface area contributed by atoms with E-state index < -0.39 is 0 Å². The molecular formula is C15H16N4O. The van der Waals surface area contributed by atoms with Gasteiger partial charge in [0.1, 0.15) is 11.6 Å². The molecule has 0 aliphatic carbocycles. The summed E-state index contributed by atoms with van der Waals surface area (Å²) in [6, 6.07) is 9.93. The summed E-state index contributed by atoms with van der Waals surface area (Å²) >= 11 is 0. The van der Waals surface area contributed by atoms with Crippen molar-refractivity contribution in [3.8, 4) is 5.75 Å². The van der Waals surface area contributed by atoms with Crippen molar-refractivity contribution in [2.24, 2.45) is 7.05 Å². The first kappa shape index (κ1) is 12.5. The number of benzene rings is 1. The SMILES string of the molecule is COc1ccncc1NCc1nc2ccccc2n1C. The molecular weight excluding hydrogens is 252 g/mol. The number of imidazole rings is 1. The number of hydrogen-bond donors (Lipinski definition) is 1. The van der Waals surface area contributed by atoms with E-state index in [1.54, 1.807) is 19.5 Å². The molecule has 0 fully saturated rings. The predicted octanol–water partition coefficient (Wildman–Crippen LogP) is 2.59. The molecule has 2 aromatic heterocycles. The second-order valence-corrected chi connectivity index (χ2v) is 4.51. The van der Waals surface area contributed by atoms with Crippen LogP contribution in [0, 0.1) is 0 Å². The molecule has 20 heavy (non-hydrogen) atoms. The lowest BCUT2D eigenvalue weighted by molar-refractivity contribution is 0.416. The maximum absolute atomic E-state index is 5.29. The fraction of sp³-hybridized carbons (Fsp3) is 0.200. The third-order valence-electron chi connectivity index (χ3n) is 3.32. The summed E-state index contributed by atoms with van der Waals surface area (Å²) in [6.07, 6.45) is 3.46. The summed E-state index contributed by atoms with van der Waals surface area (Å²) in [7, 11) is 3.67. The van der Waals surface area contributed by atoms with Gasteiger partial charge in [-0.15, -0.1) is 0 Å². The molecule has 1 N–H and O–H groups in total. The molecule has 0 radical (unpaired) electrons. The number of aromatic nitrogens is 3. The van der Waals surface area contributed by atoms with Crippen molar-refractivity contribution in [2.45, 2.75) is 6.54 Å². The van der Waals surface area contributed by atoms with E-state index in [2.05, 4.69) is 25.9 Å². The number of nitrogens with one attached hydrogen (secondary N) is 1. The van der Waals surface area contributed by atoms with Crippen LogP contribution in [-0.2, 0) is 13.6 Å². The summed E-state index contributed by atoms with van der Waals surface area (Å²) in [4.78, 5) is 8.72. The van der Waals surface area contributed by atoms with Gasteiger partial charge in [-0.2, -0.15) is 0 Å². The van der Waals surface area contributed by atoms with Crippen LogP contribution in [-0.4, -0.2) is 21.6 Å². The molecule has 3 aromatic rings. The standard InChI is InChI=1S/C15H16N4O/c1-19-13-6-4-3-5-11(13)18-15(19)10-17-12-9-16-8-7-14(12)20-2/h3-9,17H,10H2,1-2H3. The van der Waals surface area contributed by atoms with Crippen LogP contribution in [0.4, 0.5) is 5.69 Å². The van der Waals surface area contributed by atoms with Crippen molar-refractivity contribution in [2.75, 3.05) is 12.4 Å². The van der Waals surface area contributed by atoms with E-state index in [-0.39, 0.29) is 0 Å². The van der Waals surface area contributed by atoms with Crippen LogP contribution in [0.3, 0.4) is 0 Å². The van der Waals surface area contributed by atoms with Gasteiger partial charge in [0.15, 0.2) is 0 Å². The summed E-state index contributed by atoms with van der Waals surface area (Å²) in [6.45, 7) is 0.618. The van der Waals surface area contributed by atoms with Gasteiger partial charge in [-0.1, -0.05) is 12.1 Å². The van der Waals surface area contributed by atoms with Crippen molar-refractivity contribution < 1.29 is 4.74 Å². The van der Waals surface area contributed by atoms with E-state index in [1.807, 2.05) is 31.3 Å². The fourth-order valence-electron chi connectivity index (χ4n) is 2.22. The maximum atomic E-state index is 5.29. The molecule has 0 saturated carbocycles. The van der Waals surface area contributed by atoms with Crippen LogP contribution in [0.15, 0.2) is 42.7 Å². The van der Waals surface area contributed by atoms with Crippen molar-refractivity contribution in [3.63, 3.8) is 0 Å². The Kier molecular flexibility index (Phi) is 3.25. The van der Waals surface area contributed by atoms with Crippen LogP contribution >= 0.6 is 0 Å². The van der Waals surface area contributed by atoms with Gasteiger partial charge < -0.3 is 14.6 Å². The molecule has 0 saturated heterocycles. The highest BCUT2D eigenvalue weighted by Crippen LogP contribution is 2.23. The Labute approximate surface area is 117 Å². The molecule has 0 aliphatic rings. The summed E-state index contributed by atoms with van der Waals surface area (Å²) in [5, 5.41) is 3.31. The number of pyridine rings is 1. The average molecular weight is 268 g/mol. The average Bonchev–Trinajstić information content (AvgIpc) is 2.82. The van der Waals surface area contributed by atoms with Crippen molar-refractivity contribution >= 4 is 16.7 Å². The second-order valence-electron chi connectivity index (χ2n) is 4.51. The first-order valence-electron chi connectivity index (χ1n) is 6.42. The van der Waals surface area contributed by atoms with Gasteiger partial charge in [-0.05, 0) is 12.1 Å². The normalized spacial score (nSPS) is 10.7. The lowest BCUT2D eigenvalue weighted by Crippen LogP contribution is -2.07. The number of rotatable bonds is 4. The predicted molar refractivity (Wildman–Crippen MR) is 78.8 cm³/mol. The van der Waals surface area contributed by atoms with Gasteiger partial charge >= 0.3 is 0 Å². The zero-order valence-corrected chi connectivity index (χ0v) is 11.5. The number of nitrogens with zero attached hydrogens (tertiary/aromatic N) is 3. The van der Waals surface area contributed by atoms with Crippen LogP contribution < -0.4 is 10.1 Å². The molecule has 0 atom stereocenters. The second kappa shape index (κ2) is 5.21. The Hall–Kier alpha value is -2.56. The summed E-state index contributed by atoms with van der Waals surface area (Å²) in [5.41, 5.74) is 2.99. The zero-order chi connectivity index (χ0) is 13.9. The number of anilines is 1. The summed E-state index contributed by atoms with van der Waals surface area (Å²) < 4.78 is 7.38. The highest BCUT2D eigenvalue weighted by Gasteiger charge is 2.08. The van der Waals surface area contributed by atoms with Gasteiger partial charge in [0.25, 0.3) is 0 Å². The minimum atomic E-state index is 0.618. The van der Waals surface area contributed by atoms with Crippen molar-refractivity contribution in [1.82, 2.24) is 14.5 Å². The van der Waals surface area contributed by atoms with E-state index in [0.29, 0.717) is 6.54 Å². The van der Waals surface area contributed by atoms with E-state index in [9.17, 15) is 0 Å². The molecule has 5 nitrogen and oxygen atoms in total. The van der Waals surface area contributed by atoms with E-state index >= 15 is 0 Å². The lowest BCUT2D eigenvalue weighted by Gasteiger charge is -2.10. The molecule has 0 bridgehead atoms. The quantitative estimate of drug-likeness (QED) is 0.790. The topological polar surface area (TPSA) is 52.0 Å². The van der Waals surface area contributed by atoms with E-state index in [4.69, 9.17) is 4.74 Å². The van der Waals surface area contributed by atoms with Gasteiger partial charge in [-0.3, -0.25) is 4.98 Å². The molecule has 2 heterocycles. The van der Waals surface area contributed by atoms with Gasteiger partial charge in [-0.25, -0.2) is 4.98 Å². The van der Waals surface area contributed by atoms with Gasteiger partial charge in [0.05, 0.1) is 36.6 Å². The van der Waals surface area contributed by atoms with E-state index in [1.165, 1.54) is 0 Å². The third kappa shape index (κ3) is 2.18. The number of ether oxygens (including phenoxy) is 1. The number of para-hydroxylation sites is 2. The van der Waals surface area contributed by atoms with E-state index in [0.717, 1.165) is 28.3 Å². The Morgan fingerprint density at radius 3 is 2.90 bits per heavy atom. The van der Waals surface area contributed by atoms with Crippen molar-refractivity contribution in [1.29, 1.82) is 0 Å². The number of hydrogen-bond acceptors (Lipinski definition) is 4. The van der Waals surface area contributed by atoms with Crippen molar-refractivity contribution in [3.05, 3.63) is 48.5 Å². The number of fused-ring (bicyclic) bond motifs is 1. The molecule has 3 rings (SSSR count). The monoisotopic (exact) mass is 268 g/mol. The Morgan fingerprint density at radius 1 is 1.25 bits per heavy atom. The highest BCUT2D eigenvalue weighted by atomic mass is 16.5. The Morgan fingerprint density at radius 2 is 2.10 bits per heavy atom. The zero-order valence-electron chi connectivity index (χ0n) is 11.5. The molecule has 5 heteroatoms. The Bertz CT molecular complexity index is 736. The number of methoxy groups -OCH3 is 1. The van der Waals surface area contributed by atoms with Crippen LogP contribution in [0.1, 0.15) is 5.82 Å². The number of aryl methyl sites for hydroxylation is 1. The third-order valence-corrected chi connectivity index (χ3v) is 3.32. The minimum absolute atomic E-state index is 0.618. The first-order valence-corrected chi connectivity index (χ1v) is 6.42. The fourth-order valence-corrected chi connectivity index (χ4v) is 2.22. The van der Waals surface area contributed by atoms with Crippen LogP contribution in [0.2, 0.25) is 0 Å². The molecule has 0 unspecified atom stereocenters. The lowest BCUT2D eigenvalue weighted by atomic mass is 10.3. The minimum Gasteiger partial charge on any atom is -0.494 e. The Balaban J connectivity index is 1.85. The highest BCUT2D eigenvalue weighted by molar-refractivity contribution is 5.75. The first-order chi connectivity index (χ1) is 9.79. The van der Waals surface area contributed by atoms with Gasteiger partial charge in [0, 0.05) is 19.3 Å². The molecule has 102 valence electrons. The van der Waals surface area contributed by atoms with Crippen LogP contribution in [0.5, 0.6) is 5.75 Å². The molecule has 0 spiro atoms. The maximum Gasteiger partial charge on any atom is 0.145 e. The smallest absolute Gasteiger partial charge is 0.145 e. The summed E-state index contributed by atoms with van der Waals surface area (Å²) in [5.74, 6) is 1.75. The molecule has 0 amide bonds.